The average molecular weight is 272 g/mol. The molecular weight excluding hydrogens is 258 g/mol. The van der Waals surface area contributed by atoms with Crippen molar-refractivity contribution in [3.63, 3.8) is 0 Å². The Kier molecular flexibility index (Phi) is 3.94. The minimum Gasteiger partial charge on any atom is -0.469 e. The van der Waals surface area contributed by atoms with Gasteiger partial charge in [-0.3, -0.25) is 4.79 Å². The minimum atomic E-state index is -0.118. The van der Waals surface area contributed by atoms with E-state index in [2.05, 4.69) is 4.98 Å². The van der Waals surface area contributed by atoms with Gasteiger partial charge in [-0.05, 0) is 30.4 Å². The average Bonchev–Trinajstić information content (AvgIpc) is 3.09. The van der Waals surface area contributed by atoms with E-state index in [1.807, 2.05) is 12.1 Å². The molecule has 2 rings (SSSR count). The summed E-state index contributed by atoms with van der Waals surface area (Å²) in [4.78, 5) is 15.5. The number of esters is 1. The Morgan fingerprint density at radius 3 is 2.88 bits per heavy atom. The fourth-order valence-electron chi connectivity index (χ4n) is 1.60. The molecule has 92 valence electrons. The summed E-state index contributed by atoms with van der Waals surface area (Å²) in [7, 11) is 1.44. The molecule has 1 aliphatic carbocycles. The predicted molar refractivity (Wildman–Crippen MR) is 68.3 cm³/mol. The molecule has 1 aliphatic rings. The maximum absolute atomic E-state index is 11.3. The molecule has 1 fully saturated rings. The third-order valence-corrected chi connectivity index (χ3v) is 4.45. The molecule has 0 aromatic carbocycles. The van der Waals surface area contributed by atoms with Crippen molar-refractivity contribution in [3.05, 3.63) is 23.4 Å². The van der Waals surface area contributed by atoms with Gasteiger partial charge >= 0.3 is 5.97 Å². The molecule has 0 radical (unpaired) electrons. The molecule has 1 aromatic heterocycles. The second-order valence-electron chi connectivity index (χ2n) is 4.36. The first kappa shape index (κ1) is 12.7. The van der Waals surface area contributed by atoms with Gasteiger partial charge in [0, 0.05) is 11.9 Å². The van der Waals surface area contributed by atoms with Gasteiger partial charge in [0.05, 0.1) is 23.6 Å². The van der Waals surface area contributed by atoms with Crippen molar-refractivity contribution in [1.82, 2.24) is 4.98 Å². The number of rotatable bonds is 5. The number of hydrogen-bond donors (Lipinski definition) is 0. The summed E-state index contributed by atoms with van der Waals surface area (Å²) < 4.78 is 4.71. The number of halogens is 1. The van der Waals surface area contributed by atoms with E-state index in [9.17, 15) is 4.79 Å². The molecule has 0 saturated heterocycles. The Bertz CT molecular complexity index is 403. The van der Waals surface area contributed by atoms with Crippen LogP contribution in [0.4, 0.5) is 0 Å². The highest BCUT2D eigenvalue weighted by Gasteiger charge is 2.44. The van der Waals surface area contributed by atoms with Crippen LogP contribution < -0.4 is 0 Å². The lowest BCUT2D eigenvalue weighted by molar-refractivity contribution is -0.141. The van der Waals surface area contributed by atoms with Gasteiger partial charge in [0.2, 0.25) is 0 Å². The fraction of sp³-hybridized carbons (Fsp3) is 0.500. The minimum absolute atomic E-state index is 0.118. The van der Waals surface area contributed by atoms with E-state index in [1.165, 1.54) is 7.11 Å². The molecule has 0 aliphatic heterocycles. The first-order valence-corrected chi connectivity index (χ1v) is 6.81. The van der Waals surface area contributed by atoms with Crippen molar-refractivity contribution in [2.45, 2.75) is 24.3 Å². The second kappa shape index (κ2) is 5.27. The maximum Gasteiger partial charge on any atom is 0.306 e. The number of carbonyl (C=O) groups excluding carboxylic acids is 1. The Balaban J connectivity index is 1.85. The molecule has 1 saturated carbocycles. The summed E-state index contributed by atoms with van der Waals surface area (Å²) in [6.07, 6.45) is 4.36. The number of pyridine rings is 1. The number of carbonyl (C=O) groups is 1. The Morgan fingerprint density at radius 2 is 2.35 bits per heavy atom. The van der Waals surface area contributed by atoms with Crippen LogP contribution in [0.15, 0.2) is 23.4 Å². The first-order valence-electron chi connectivity index (χ1n) is 5.45. The van der Waals surface area contributed by atoms with Crippen molar-refractivity contribution >= 4 is 29.3 Å². The SMILES string of the molecule is COC(=O)CC1(CSc2ccc(Cl)cn2)CC1. The Hall–Kier alpha value is -0.740. The highest BCUT2D eigenvalue weighted by molar-refractivity contribution is 7.99. The summed E-state index contributed by atoms with van der Waals surface area (Å²) in [5.41, 5.74) is 0.138. The number of nitrogens with zero attached hydrogens (tertiary/aromatic N) is 1. The van der Waals surface area contributed by atoms with E-state index >= 15 is 0 Å². The van der Waals surface area contributed by atoms with Crippen LogP contribution in [0.5, 0.6) is 0 Å². The summed E-state index contributed by atoms with van der Waals surface area (Å²) in [5.74, 6) is 0.795. The first-order chi connectivity index (χ1) is 8.13. The summed E-state index contributed by atoms with van der Waals surface area (Å²) in [6, 6.07) is 3.73. The molecule has 3 nitrogen and oxygen atoms in total. The molecule has 1 heterocycles. The van der Waals surface area contributed by atoms with E-state index in [-0.39, 0.29) is 11.4 Å². The van der Waals surface area contributed by atoms with Crippen LogP contribution in [0.1, 0.15) is 19.3 Å². The zero-order valence-electron chi connectivity index (χ0n) is 9.61. The van der Waals surface area contributed by atoms with Gasteiger partial charge < -0.3 is 4.74 Å². The number of ether oxygens (including phenoxy) is 1. The third-order valence-electron chi connectivity index (χ3n) is 2.93. The summed E-state index contributed by atoms with van der Waals surface area (Å²) >= 11 is 7.44. The van der Waals surface area contributed by atoms with Crippen LogP contribution in [0.3, 0.4) is 0 Å². The molecule has 0 spiro atoms. The monoisotopic (exact) mass is 271 g/mol. The van der Waals surface area contributed by atoms with Crippen molar-refractivity contribution in [3.8, 4) is 0 Å². The fourth-order valence-corrected chi connectivity index (χ4v) is 2.85. The van der Waals surface area contributed by atoms with Crippen molar-refractivity contribution in [2.75, 3.05) is 12.9 Å². The van der Waals surface area contributed by atoms with Crippen LogP contribution >= 0.6 is 23.4 Å². The van der Waals surface area contributed by atoms with Gasteiger partial charge in [0.15, 0.2) is 0 Å². The molecule has 0 atom stereocenters. The predicted octanol–water partition coefficient (Wildman–Crippen LogP) is 3.17. The van der Waals surface area contributed by atoms with Crippen LogP contribution in [0.2, 0.25) is 5.02 Å². The number of hydrogen-bond acceptors (Lipinski definition) is 4. The molecule has 0 N–H and O–H groups in total. The van der Waals surface area contributed by atoms with Gasteiger partial charge in [-0.15, -0.1) is 11.8 Å². The molecule has 5 heteroatoms. The van der Waals surface area contributed by atoms with Gasteiger partial charge in [-0.25, -0.2) is 4.98 Å². The summed E-state index contributed by atoms with van der Waals surface area (Å²) in [6.45, 7) is 0. The largest absolute Gasteiger partial charge is 0.469 e. The molecular formula is C12H14ClNO2S. The van der Waals surface area contributed by atoms with Crippen LogP contribution in [-0.4, -0.2) is 23.8 Å². The van der Waals surface area contributed by atoms with Crippen LogP contribution in [0, 0.1) is 5.41 Å². The number of thioether (sulfide) groups is 1. The van der Waals surface area contributed by atoms with Gasteiger partial charge in [-0.2, -0.15) is 0 Å². The standard InChI is InChI=1S/C12H14ClNO2S/c1-16-11(15)6-12(4-5-12)8-17-10-3-2-9(13)7-14-10/h2-3,7H,4-6,8H2,1H3. The van der Waals surface area contributed by atoms with Crippen LogP contribution in [-0.2, 0) is 9.53 Å². The van der Waals surface area contributed by atoms with Gasteiger partial charge in [-0.1, -0.05) is 11.6 Å². The lowest BCUT2D eigenvalue weighted by Crippen LogP contribution is -2.13. The molecule has 1 aromatic rings. The lowest BCUT2D eigenvalue weighted by atomic mass is 10.1. The van der Waals surface area contributed by atoms with E-state index in [0.717, 1.165) is 23.6 Å². The normalized spacial score (nSPS) is 16.6. The molecule has 0 unspecified atom stereocenters. The van der Waals surface area contributed by atoms with E-state index in [1.54, 1.807) is 18.0 Å². The quantitative estimate of drug-likeness (QED) is 0.609. The van der Waals surface area contributed by atoms with E-state index in [0.29, 0.717) is 11.4 Å². The Morgan fingerprint density at radius 1 is 1.59 bits per heavy atom. The molecule has 0 amide bonds. The van der Waals surface area contributed by atoms with Crippen LogP contribution in [0.25, 0.3) is 0 Å². The van der Waals surface area contributed by atoms with Gasteiger partial charge in [0.25, 0.3) is 0 Å². The highest BCUT2D eigenvalue weighted by atomic mass is 35.5. The lowest BCUT2D eigenvalue weighted by Gasteiger charge is -2.12. The maximum atomic E-state index is 11.3. The zero-order valence-corrected chi connectivity index (χ0v) is 11.2. The highest BCUT2D eigenvalue weighted by Crippen LogP contribution is 2.51. The second-order valence-corrected chi connectivity index (χ2v) is 5.79. The number of methoxy groups -OCH3 is 1. The molecule has 17 heavy (non-hydrogen) atoms. The molecule has 0 bridgehead atoms. The smallest absolute Gasteiger partial charge is 0.306 e. The number of aromatic nitrogens is 1. The van der Waals surface area contributed by atoms with Gasteiger partial charge in [0.1, 0.15) is 0 Å². The van der Waals surface area contributed by atoms with E-state index < -0.39 is 0 Å². The van der Waals surface area contributed by atoms with Crippen molar-refractivity contribution < 1.29 is 9.53 Å². The third kappa shape index (κ3) is 3.61. The Labute approximate surface area is 110 Å². The van der Waals surface area contributed by atoms with Crippen molar-refractivity contribution in [2.24, 2.45) is 5.41 Å². The van der Waals surface area contributed by atoms with Crippen molar-refractivity contribution in [1.29, 1.82) is 0 Å². The zero-order chi connectivity index (χ0) is 12.3. The topological polar surface area (TPSA) is 39.2 Å². The summed E-state index contributed by atoms with van der Waals surface area (Å²) in [5, 5.41) is 1.59. The van der Waals surface area contributed by atoms with E-state index in [4.69, 9.17) is 16.3 Å².